The molecule has 1 atom stereocenters. The van der Waals surface area contributed by atoms with Crippen molar-refractivity contribution in [3.63, 3.8) is 0 Å². The Bertz CT molecular complexity index is 1990. The van der Waals surface area contributed by atoms with Gasteiger partial charge in [0.05, 0.1) is 43.2 Å². The molecule has 302 valence electrons. The van der Waals surface area contributed by atoms with Crippen LogP contribution in [0.5, 0.6) is 28.7 Å². The molecule has 0 aromatic heterocycles. The first-order chi connectivity index (χ1) is 27.8. The summed E-state index contributed by atoms with van der Waals surface area (Å²) in [6.07, 6.45) is 7.73. The van der Waals surface area contributed by atoms with Gasteiger partial charge in [0.2, 0.25) is 0 Å². The highest BCUT2D eigenvalue weighted by atomic mass is 17.5. The van der Waals surface area contributed by atoms with Gasteiger partial charge in [0.25, 0.3) is 0 Å². The molecular weight excluding hydrogens is 728 g/mol. The van der Waals surface area contributed by atoms with E-state index in [-0.39, 0.29) is 29.6 Å². The molecule has 4 aromatic carbocycles. The number of benzene rings is 4. The number of hydrogen-bond donors (Lipinski definition) is 3. The minimum Gasteiger partial charge on any atom is -0.493 e. The van der Waals surface area contributed by atoms with Gasteiger partial charge in [-0.2, -0.15) is 4.89 Å². The van der Waals surface area contributed by atoms with E-state index in [4.69, 9.17) is 40.0 Å². The molecule has 12 nitrogen and oxygen atoms in total. The van der Waals surface area contributed by atoms with Crippen LogP contribution in [-0.4, -0.2) is 36.8 Å². The van der Waals surface area contributed by atoms with E-state index in [1.165, 1.54) is 12.1 Å². The van der Waals surface area contributed by atoms with Gasteiger partial charge in [0, 0.05) is 12.0 Å². The third-order valence-corrected chi connectivity index (χ3v) is 11.6. The number of esters is 1. The van der Waals surface area contributed by atoms with Crippen molar-refractivity contribution in [2.45, 2.75) is 77.7 Å². The predicted octanol–water partition coefficient (Wildman–Crippen LogP) is 9.32. The average molecular weight is 781 g/mol. The standard InChI is InChI=1S/C45H52N2O10/c1-3-53-57-56-38-18-21-42(46)44(25-38)47-43-23-33-22-36(51-26-29-4-8-31(9-5-29)28(2)48)16-19-39(33)40-20-17-37(24-41(40)43)52-27-30-6-10-32(11-7-30)45(49)54-34-12-14-35(55-50)15-13-34/h12-22,24-25,29-32,43,47,50H,3-11,23,26-27,46H2,1-2H3. The van der Waals surface area contributed by atoms with Crippen LogP contribution in [0.3, 0.4) is 0 Å². The van der Waals surface area contributed by atoms with Crippen molar-refractivity contribution in [2.75, 3.05) is 30.9 Å². The minimum absolute atomic E-state index is 0.160. The van der Waals surface area contributed by atoms with E-state index in [0.29, 0.717) is 66.7 Å². The molecule has 1 unspecified atom stereocenters. The van der Waals surface area contributed by atoms with Crippen LogP contribution in [0.2, 0.25) is 0 Å². The second kappa shape index (κ2) is 18.8. The first-order valence-electron chi connectivity index (χ1n) is 20.0. The second-order valence-electron chi connectivity index (χ2n) is 15.4. The summed E-state index contributed by atoms with van der Waals surface area (Å²) >= 11 is 0. The molecule has 7 rings (SSSR count). The lowest BCUT2D eigenvalue weighted by atomic mass is 9.80. The van der Waals surface area contributed by atoms with Gasteiger partial charge in [0.15, 0.2) is 11.5 Å². The maximum absolute atomic E-state index is 12.9. The third-order valence-electron chi connectivity index (χ3n) is 11.6. The number of hydrogen-bond acceptors (Lipinski definition) is 12. The number of Topliss-reactive ketones (excluding diaryl/α,β-unsaturated/α-hetero) is 1. The van der Waals surface area contributed by atoms with Crippen LogP contribution in [0.15, 0.2) is 78.9 Å². The van der Waals surface area contributed by atoms with Gasteiger partial charge < -0.3 is 35.0 Å². The summed E-state index contributed by atoms with van der Waals surface area (Å²) in [4.78, 5) is 39.1. The number of ether oxygens (including phenoxy) is 3. The lowest BCUT2D eigenvalue weighted by Crippen LogP contribution is -2.27. The normalized spacial score (nSPS) is 21.4. The molecule has 57 heavy (non-hydrogen) atoms. The fraction of sp³-hybridized carbons (Fsp3) is 0.422. The van der Waals surface area contributed by atoms with E-state index in [0.717, 1.165) is 85.1 Å². The minimum atomic E-state index is -0.244. The van der Waals surface area contributed by atoms with Gasteiger partial charge >= 0.3 is 5.97 Å². The quantitative estimate of drug-likeness (QED) is 0.0248. The van der Waals surface area contributed by atoms with Crippen LogP contribution in [0.1, 0.15) is 82.4 Å². The smallest absolute Gasteiger partial charge is 0.314 e. The molecule has 0 radical (unpaired) electrons. The summed E-state index contributed by atoms with van der Waals surface area (Å²) in [6.45, 7) is 5.02. The highest BCUT2D eigenvalue weighted by Gasteiger charge is 2.30. The molecule has 0 spiro atoms. The van der Waals surface area contributed by atoms with Crippen molar-refractivity contribution in [1.82, 2.24) is 0 Å². The van der Waals surface area contributed by atoms with Gasteiger partial charge in [0.1, 0.15) is 23.0 Å². The SMILES string of the molecule is CCOOOc1ccc(N)c(NC2Cc3cc(OCC4CCC(C(C)=O)CC4)ccc3-c3ccc(OCC4CCC(C(=O)Oc5ccc(OO)cc5)CC4)cc32)c1. The monoisotopic (exact) mass is 780 g/mol. The molecule has 2 fully saturated rings. The maximum atomic E-state index is 12.9. The summed E-state index contributed by atoms with van der Waals surface area (Å²) in [6, 6.07) is 24.0. The Balaban J connectivity index is 1.03. The predicted molar refractivity (Wildman–Crippen MR) is 214 cm³/mol. The zero-order chi connectivity index (χ0) is 39.7. The number of fused-ring (bicyclic) bond motifs is 3. The summed E-state index contributed by atoms with van der Waals surface area (Å²) in [5.74, 6) is 3.57. The zero-order valence-corrected chi connectivity index (χ0v) is 32.6. The van der Waals surface area contributed by atoms with E-state index in [2.05, 4.69) is 34.5 Å². The van der Waals surface area contributed by atoms with Crippen molar-refractivity contribution >= 4 is 23.1 Å². The number of anilines is 2. The summed E-state index contributed by atoms with van der Waals surface area (Å²) in [5.41, 5.74) is 12.2. The number of nitrogens with two attached hydrogens (primary N) is 1. The molecular formula is C45H52N2O10. The Hall–Kier alpha value is -5.30. The molecule has 4 aromatic rings. The van der Waals surface area contributed by atoms with Crippen LogP contribution in [0.25, 0.3) is 11.1 Å². The Labute approximate surface area is 333 Å². The van der Waals surface area contributed by atoms with Crippen LogP contribution in [-0.2, 0) is 25.9 Å². The molecule has 4 N–H and O–H groups in total. The Morgan fingerprint density at radius 2 is 1.32 bits per heavy atom. The Kier molecular flexibility index (Phi) is 13.1. The molecule has 3 aliphatic rings. The molecule has 0 heterocycles. The van der Waals surface area contributed by atoms with E-state index in [1.54, 1.807) is 44.2 Å². The highest BCUT2D eigenvalue weighted by Crippen LogP contribution is 2.44. The number of carbonyl (C=O) groups is 2. The maximum Gasteiger partial charge on any atom is 0.314 e. The van der Waals surface area contributed by atoms with Gasteiger partial charge in [-0.3, -0.25) is 9.59 Å². The lowest BCUT2D eigenvalue weighted by Gasteiger charge is -2.31. The van der Waals surface area contributed by atoms with Gasteiger partial charge in [-0.25, -0.2) is 5.26 Å². The average Bonchev–Trinajstić information content (AvgIpc) is 3.23. The summed E-state index contributed by atoms with van der Waals surface area (Å²) in [5, 5.41) is 17.3. The van der Waals surface area contributed by atoms with E-state index in [1.807, 2.05) is 12.1 Å². The fourth-order valence-corrected chi connectivity index (χ4v) is 8.22. The van der Waals surface area contributed by atoms with E-state index >= 15 is 0 Å². The van der Waals surface area contributed by atoms with Crippen molar-refractivity contribution in [2.24, 2.45) is 23.7 Å². The van der Waals surface area contributed by atoms with Crippen molar-refractivity contribution in [3.05, 3.63) is 90.0 Å². The van der Waals surface area contributed by atoms with Crippen molar-refractivity contribution in [1.29, 1.82) is 0 Å². The van der Waals surface area contributed by atoms with Crippen LogP contribution >= 0.6 is 0 Å². The molecule has 3 aliphatic carbocycles. The Morgan fingerprint density at radius 3 is 1.96 bits per heavy atom. The van der Waals surface area contributed by atoms with Crippen LogP contribution < -0.4 is 35.0 Å². The van der Waals surface area contributed by atoms with Gasteiger partial charge in [-0.05, 0) is 171 Å². The molecule has 0 bridgehead atoms. The molecule has 0 saturated heterocycles. The van der Waals surface area contributed by atoms with Crippen LogP contribution in [0, 0.1) is 23.7 Å². The van der Waals surface area contributed by atoms with Crippen LogP contribution in [0.4, 0.5) is 11.4 Å². The van der Waals surface area contributed by atoms with Gasteiger partial charge in [-0.1, -0.05) is 12.1 Å². The lowest BCUT2D eigenvalue weighted by molar-refractivity contribution is -0.464. The number of nitrogens with one attached hydrogen (secondary N) is 1. The molecule has 0 aliphatic heterocycles. The number of ketones is 1. The highest BCUT2D eigenvalue weighted by molar-refractivity contribution is 5.79. The Morgan fingerprint density at radius 1 is 0.719 bits per heavy atom. The van der Waals surface area contributed by atoms with E-state index in [9.17, 15) is 9.59 Å². The number of nitrogen functional groups attached to an aromatic ring is 1. The first kappa shape index (κ1) is 39.9. The molecule has 12 heteroatoms. The molecule has 0 amide bonds. The second-order valence-corrected chi connectivity index (χ2v) is 15.4. The molecule has 2 saturated carbocycles. The van der Waals surface area contributed by atoms with E-state index < -0.39 is 0 Å². The van der Waals surface area contributed by atoms with Gasteiger partial charge in [-0.15, -0.1) is 0 Å². The largest absolute Gasteiger partial charge is 0.493 e. The first-order valence-corrected chi connectivity index (χ1v) is 20.0. The van der Waals surface area contributed by atoms with Crippen molar-refractivity contribution < 1.29 is 48.8 Å². The topological polar surface area (TPSA) is 157 Å². The number of rotatable bonds is 16. The fourth-order valence-electron chi connectivity index (χ4n) is 8.22. The zero-order valence-electron chi connectivity index (χ0n) is 32.6. The number of carbonyl (C=O) groups excluding carboxylic acids is 2. The summed E-state index contributed by atoms with van der Waals surface area (Å²) < 4.78 is 18.4. The third kappa shape index (κ3) is 10.2. The summed E-state index contributed by atoms with van der Waals surface area (Å²) in [7, 11) is 0. The van der Waals surface area contributed by atoms with Crippen molar-refractivity contribution in [3.8, 4) is 39.9 Å².